The minimum Gasteiger partial charge on any atom is -0.612 e. The number of rotatable bonds is 4. The van der Waals surface area contributed by atoms with Crippen molar-refractivity contribution in [3.05, 3.63) is 76.4 Å². The largest absolute Gasteiger partial charge is 0.612 e. The highest BCUT2D eigenvalue weighted by Crippen LogP contribution is 2.17. The number of hydroxylamine groups is 3. The molecule has 1 aliphatic rings. The van der Waals surface area contributed by atoms with Crippen molar-refractivity contribution >= 4 is 17.4 Å². The third-order valence-electron chi connectivity index (χ3n) is 2.96. The third kappa shape index (κ3) is 4.97. The molecule has 1 aromatic rings. The molecule has 11 nitrogen and oxygen atoms in total. The van der Waals surface area contributed by atoms with Crippen LogP contribution in [0.5, 0.6) is 0 Å². The average molecular weight is 347 g/mol. The minimum absolute atomic E-state index is 0.0317. The Morgan fingerprint density at radius 2 is 1.88 bits per heavy atom. The fraction of sp³-hybridized carbons (Fsp3) is 0. The number of benzene rings is 1. The van der Waals surface area contributed by atoms with Gasteiger partial charge in [0.2, 0.25) is 11.7 Å². The first-order valence-corrected chi connectivity index (χ1v) is 6.86. The highest BCUT2D eigenvalue weighted by atomic mass is 16.8. The van der Waals surface area contributed by atoms with Gasteiger partial charge in [0.15, 0.2) is 0 Å². The van der Waals surface area contributed by atoms with Crippen LogP contribution in [0, 0.1) is 10.4 Å². The van der Waals surface area contributed by atoms with Gasteiger partial charge in [-0.25, -0.2) is 10.5 Å². The first-order chi connectivity index (χ1) is 12.0. The summed E-state index contributed by atoms with van der Waals surface area (Å²) < 4.78 is 0. The van der Waals surface area contributed by atoms with Crippen molar-refractivity contribution in [2.75, 3.05) is 0 Å². The zero-order chi connectivity index (χ0) is 18.2. The van der Waals surface area contributed by atoms with Gasteiger partial charge in [-0.3, -0.25) is 21.0 Å². The van der Waals surface area contributed by atoms with Crippen LogP contribution >= 0.6 is 0 Å². The van der Waals surface area contributed by atoms with Crippen molar-refractivity contribution in [2.45, 2.75) is 0 Å². The van der Waals surface area contributed by atoms with E-state index in [9.17, 15) is 20.8 Å². The van der Waals surface area contributed by atoms with Crippen molar-refractivity contribution in [2.24, 2.45) is 4.99 Å². The topological polar surface area (TPSA) is 162 Å². The summed E-state index contributed by atoms with van der Waals surface area (Å²) in [5, 5.41) is 48.7. The highest BCUT2D eigenvalue weighted by Gasteiger charge is 2.16. The van der Waals surface area contributed by atoms with Crippen molar-refractivity contribution in [1.29, 1.82) is 0 Å². The van der Waals surface area contributed by atoms with Crippen LogP contribution in [0.15, 0.2) is 71.0 Å². The second kappa shape index (κ2) is 8.35. The Bertz CT molecular complexity index is 750. The summed E-state index contributed by atoms with van der Waals surface area (Å²) in [6.45, 7) is 0. The van der Waals surface area contributed by atoms with Crippen LogP contribution in [-0.2, 0) is 0 Å². The number of aliphatic imine (C=N–C) groups is 1. The van der Waals surface area contributed by atoms with Gasteiger partial charge < -0.3 is 15.8 Å². The molecule has 132 valence electrons. The van der Waals surface area contributed by atoms with Crippen molar-refractivity contribution in [3.63, 3.8) is 0 Å². The van der Waals surface area contributed by atoms with E-state index in [2.05, 4.69) is 15.8 Å². The summed E-state index contributed by atoms with van der Waals surface area (Å²) in [5.74, 6) is -0.0317. The molecule has 0 atom stereocenters. The summed E-state index contributed by atoms with van der Waals surface area (Å²) in [5.41, 5.74) is 7.23. The molecule has 1 aliphatic carbocycles. The molecule has 0 bridgehead atoms. The van der Waals surface area contributed by atoms with Gasteiger partial charge in [-0.1, -0.05) is 18.2 Å². The van der Waals surface area contributed by atoms with E-state index < -0.39 is 4.90 Å². The molecule has 11 heteroatoms. The van der Waals surface area contributed by atoms with E-state index in [0.717, 1.165) is 6.08 Å². The van der Waals surface area contributed by atoms with Crippen LogP contribution in [0.2, 0.25) is 0 Å². The monoisotopic (exact) mass is 347 g/mol. The molecule has 0 saturated carbocycles. The number of nitrogens with one attached hydrogen (secondary N) is 3. The summed E-state index contributed by atoms with van der Waals surface area (Å²) in [4.78, 5) is 3.40. The maximum atomic E-state index is 10.7. The summed E-state index contributed by atoms with van der Waals surface area (Å²) in [6, 6.07) is 8.79. The Hall–Kier alpha value is -3.54. The van der Waals surface area contributed by atoms with Gasteiger partial charge in [0.25, 0.3) is 0 Å². The van der Waals surface area contributed by atoms with Gasteiger partial charge in [0.05, 0.1) is 5.69 Å². The van der Waals surface area contributed by atoms with Gasteiger partial charge in [-0.15, -0.1) is 5.23 Å². The quantitative estimate of drug-likeness (QED) is 0.198. The molecule has 0 radical (unpaired) electrons. The Balaban J connectivity index is 2.10. The van der Waals surface area contributed by atoms with Crippen molar-refractivity contribution < 1.29 is 20.5 Å². The van der Waals surface area contributed by atoms with Crippen LogP contribution in [-0.4, -0.2) is 37.4 Å². The van der Waals surface area contributed by atoms with Crippen LogP contribution in [0.1, 0.15) is 0 Å². The second-order valence-electron chi connectivity index (χ2n) is 4.61. The lowest BCUT2D eigenvalue weighted by molar-refractivity contribution is -0.377. The third-order valence-corrected chi connectivity index (χ3v) is 2.96. The van der Waals surface area contributed by atoms with Crippen LogP contribution in [0.25, 0.3) is 0 Å². The first-order valence-electron chi connectivity index (χ1n) is 6.86. The number of para-hydroxylation sites is 1. The fourth-order valence-corrected chi connectivity index (χ4v) is 1.84. The molecule has 0 heterocycles. The van der Waals surface area contributed by atoms with E-state index in [0.29, 0.717) is 5.69 Å². The lowest BCUT2D eigenvalue weighted by Gasteiger charge is -2.18. The highest BCUT2D eigenvalue weighted by molar-refractivity contribution is 6.03. The molecule has 25 heavy (non-hydrogen) atoms. The van der Waals surface area contributed by atoms with Gasteiger partial charge >= 0.3 is 0 Å². The molecule has 6 N–H and O–H groups in total. The summed E-state index contributed by atoms with van der Waals surface area (Å²) in [7, 11) is 0. The van der Waals surface area contributed by atoms with Gasteiger partial charge in [0.1, 0.15) is 5.70 Å². The number of hydrogen-bond acceptors (Lipinski definition) is 8. The van der Waals surface area contributed by atoms with Crippen LogP contribution in [0.4, 0.5) is 5.69 Å². The summed E-state index contributed by atoms with van der Waals surface area (Å²) in [6.07, 6.45) is 4.78. The Kier molecular flexibility index (Phi) is 5.95. The lowest BCUT2D eigenvalue weighted by atomic mass is 10.1. The van der Waals surface area contributed by atoms with Gasteiger partial charge in [-0.2, -0.15) is 4.90 Å². The molecule has 0 aliphatic heterocycles. The molecule has 0 fully saturated rings. The Morgan fingerprint density at radius 3 is 2.48 bits per heavy atom. The minimum atomic E-state index is -0.664. The first kappa shape index (κ1) is 17.8. The molecule has 0 spiro atoms. The predicted octanol–water partition coefficient (Wildman–Crippen LogP) is 0.614. The molecule has 1 aromatic carbocycles. The Morgan fingerprint density at radius 1 is 1.16 bits per heavy atom. The molecule has 0 unspecified atom stereocenters. The van der Waals surface area contributed by atoms with Crippen molar-refractivity contribution in [3.8, 4) is 0 Å². The number of hydrazine groups is 1. The molecule has 0 aromatic heterocycles. The van der Waals surface area contributed by atoms with E-state index in [1.54, 1.807) is 24.3 Å². The van der Waals surface area contributed by atoms with Crippen LogP contribution in [0.3, 0.4) is 0 Å². The second-order valence-corrected chi connectivity index (χ2v) is 4.61. The average Bonchev–Trinajstić information content (AvgIpc) is 2.61. The lowest BCUT2D eigenvalue weighted by Crippen LogP contribution is -2.42. The van der Waals surface area contributed by atoms with Gasteiger partial charge in [-0.05, 0) is 18.2 Å². The molecule has 0 amide bonds. The molecule has 0 saturated heterocycles. The van der Waals surface area contributed by atoms with E-state index in [4.69, 9.17) is 5.21 Å². The molecular weight excluding hydrogens is 332 g/mol. The van der Waals surface area contributed by atoms with Crippen molar-refractivity contribution in [1.82, 2.24) is 21.6 Å². The molecule has 2 rings (SSSR count). The van der Waals surface area contributed by atoms with E-state index >= 15 is 0 Å². The zero-order valence-electron chi connectivity index (χ0n) is 12.7. The number of nitrogens with zero attached hydrogens (tertiary/aromatic N) is 3. The van der Waals surface area contributed by atoms with E-state index in [-0.39, 0.29) is 28.2 Å². The number of guanidine groups is 1. The maximum Gasteiger partial charge on any atom is 0.239 e. The maximum absolute atomic E-state index is 10.7. The number of hydrogen-bond donors (Lipinski definition) is 6. The summed E-state index contributed by atoms with van der Waals surface area (Å²) >= 11 is 0. The van der Waals surface area contributed by atoms with E-state index in [1.165, 1.54) is 18.4 Å². The SMILES string of the molecule is [O-][N+]([O-])=C1C=C/C(=C\NNC(=Nc2ccccc2)NO)C(N(O)O)=C1. The fourth-order valence-electron chi connectivity index (χ4n) is 1.84. The zero-order valence-corrected chi connectivity index (χ0v) is 12.7. The molecular formula is C14H15N6O5-. The normalized spacial score (nSPS) is 15.6. The number of allylic oxidation sites excluding steroid dienone is 3. The Labute approximate surface area is 141 Å². The smallest absolute Gasteiger partial charge is 0.239 e. The predicted molar refractivity (Wildman–Crippen MR) is 87.5 cm³/mol. The van der Waals surface area contributed by atoms with Crippen LogP contribution < -0.4 is 16.3 Å². The standard InChI is InChI=1S/C14H15N6O5/c21-18-14(16-11-4-2-1-3-5-11)17-15-9-10-6-7-12(19(22)23)8-13(10)20(24)25/h1-9,15,24-25H,(H3-,16,17,18,21,22,23)/q-1/b10-9+. The van der Waals surface area contributed by atoms with E-state index in [1.807, 2.05) is 11.5 Å². The van der Waals surface area contributed by atoms with Gasteiger partial charge in [0, 0.05) is 23.9 Å².